The van der Waals surface area contributed by atoms with Gasteiger partial charge in [0.15, 0.2) is 0 Å². The van der Waals surface area contributed by atoms with Crippen LogP contribution in [0.2, 0.25) is 0 Å². The Morgan fingerprint density at radius 3 is 2.76 bits per heavy atom. The molecule has 2 aromatic carbocycles. The zero-order chi connectivity index (χ0) is 14.7. The fraction of sp³-hybridized carbons (Fsp3) is 0.118. The monoisotopic (exact) mass is 282 g/mol. The standard InChI is InChI=1S/C17H15FN2O/c1-13-7-8-15(18)9-17(13)21-12-14-10-19-20(11-14)16-5-3-2-4-6-16/h2-11H,12H2,1H3. The lowest BCUT2D eigenvalue weighted by atomic mass is 10.2. The Balaban J connectivity index is 1.72. The smallest absolute Gasteiger partial charge is 0.126 e. The Bertz CT molecular complexity index is 738. The van der Waals surface area contributed by atoms with E-state index < -0.39 is 0 Å². The molecule has 0 fully saturated rings. The first-order valence-corrected chi connectivity index (χ1v) is 6.70. The van der Waals surface area contributed by atoms with Crippen LogP contribution < -0.4 is 4.74 Å². The Kier molecular flexibility index (Phi) is 3.69. The highest BCUT2D eigenvalue weighted by Gasteiger charge is 2.04. The van der Waals surface area contributed by atoms with Crippen LogP contribution in [0.5, 0.6) is 5.75 Å². The molecule has 0 aliphatic heterocycles. The van der Waals surface area contributed by atoms with Crippen molar-refractivity contribution in [2.75, 3.05) is 0 Å². The summed E-state index contributed by atoms with van der Waals surface area (Å²) in [5.74, 6) is 0.262. The van der Waals surface area contributed by atoms with Crippen LogP contribution in [0.25, 0.3) is 5.69 Å². The van der Waals surface area contributed by atoms with E-state index in [-0.39, 0.29) is 5.82 Å². The number of hydrogen-bond acceptors (Lipinski definition) is 2. The minimum absolute atomic E-state index is 0.296. The third-order valence-corrected chi connectivity index (χ3v) is 3.20. The van der Waals surface area contributed by atoms with Crippen LogP contribution in [-0.2, 0) is 6.61 Å². The molecule has 0 saturated carbocycles. The molecule has 0 saturated heterocycles. The largest absolute Gasteiger partial charge is 0.488 e. The van der Waals surface area contributed by atoms with Crippen molar-refractivity contribution >= 4 is 0 Å². The minimum Gasteiger partial charge on any atom is -0.488 e. The Hall–Kier alpha value is -2.62. The first-order valence-electron chi connectivity index (χ1n) is 6.70. The van der Waals surface area contributed by atoms with E-state index in [0.717, 1.165) is 16.8 Å². The molecule has 106 valence electrons. The van der Waals surface area contributed by atoms with Gasteiger partial charge in [-0.05, 0) is 30.7 Å². The minimum atomic E-state index is -0.296. The van der Waals surface area contributed by atoms with Crippen molar-refractivity contribution in [2.45, 2.75) is 13.5 Å². The van der Waals surface area contributed by atoms with Gasteiger partial charge in [-0.25, -0.2) is 9.07 Å². The van der Waals surface area contributed by atoms with Crippen LogP contribution in [0.3, 0.4) is 0 Å². The van der Waals surface area contributed by atoms with Gasteiger partial charge in [0.25, 0.3) is 0 Å². The van der Waals surface area contributed by atoms with Gasteiger partial charge in [-0.15, -0.1) is 0 Å². The summed E-state index contributed by atoms with van der Waals surface area (Å²) in [5.41, 5.74) is 2.83. The molecule has 4 heteroatoms. The quantitative estimate of drug-likeness (QED) is 0.725. The maximum atomic E-state index is 13.2. The normalized spacial score (nSPS) is 10.6. The second kappa shape index (κ2) is 5.79. The molecule has 0 amide bonds. The maximum Gasteiger partial charge on any atom is 0.126 e. The first kappa shape index (κ1) is 13.4. The summed E-state index contributed by atoms with van der Waals surface area (Å²) in [6, 6.07) is 14.4. The lowest BCUT2D eigenvalue weighted by molar-refractivity contribution is 0.302. The van der Waals surface area contributed by atoms with Crippen molar-refractivity contribution < 1.29 is 9.13 Å². The molecule has 3 aromatic rings. The molecular formula is C17H15FN2O. The third kappa shape index (κ3) is 3.11. The van der Waals surface area contributed by atoms with E-state index in [1.807, 2.05) is 43.5 Å². The summed E-state index contributed by atoms with van der Waals surface area (Å²) < 4.78 is 20.7. The van der Waals surface area contributed by atoms with Gasteiger partial charge in [-0.1, -0.05) is 24.3 Å². The molecule has 0 aliphatic carbocycles. The number of benzene rings is 2. The summed E-state index contributed by atoms with van der Waals surface area (Å²) in [6.45, 7) is 2.25. The molecule has 0 N–H and O–H groups in total. The molecule has 1 aromatic heterocycles. The van der Waals surface area contributed by atoms with Crippen molar-refractivity contribution in [1.82, 2.24) is 9.78 Å². The molecule has 0 radical (unpaired) electrons. The van der Waals surface area contributed by atoms with Gasteiger partial charge in [-0.2, -0.15) is 5.10 Å². The van der Waals surface area contributed by atoms with Crippen molar-refractivity contribution in [3.05, 3.63) is 77.9 Å². The zero-order valence-corrected chi connectivity index (χ0v) is 11.7. The molecule has 21 heavy (non-hydrogen) atoms. The second-order valence-electron chi connectivity index (χ2n) is 4.83. The van der Waals surface area contributed by atoms with Gasteiger partial charge in [0.2, 0.25) is 0 Å². The van der Waals surface area contributed by atoms with Crippen molar-refractivity contribution in [3.63, 3.8) is 0 Å². The van der Waals surface area contributed by atoms with Crippen molar-refractivity contribution in [3.8, 4) is 11.4 Å². The molecule has 0 bridgehead atoms. The van der Waals surface area contributed by atoms with Gasteiger partial charge >= 0.3 is 0 Å². The summed E-state index contributed by atoms with van der Waals surface area (Å²) in [7, 11) is 0. The maximum absolute atomic E-state index is 13.2. The van der Waals surface area contributed by atoms with E-state index in [2.05, 4.69) is 5.10 Å². The summed E-state index contributed by atoms with van der Waals surface area (Å²) >= 11 is 0. The third-order valence-electron chi connectivity index (χ3n) is 3.20. The lowest BCUT2D eigenvalue weighted by Gasteiger charge is -2.07. The highest BCUT2D eigenvalue weighted by Crippen LogP contribution is 2.20. The Morgan fingerprint density at radius 1 is 1.14 bits per heavy atom. The van der Waals surface area contributed by atoms with Gasteiger partial charge in [-0.3, -0.25) is 0 Å². The van der Waals surface area contributed by atoms with Gasteiger partial charge in [0.1, 0.15) is 18.2 Å². The molecule has 3 nitrogen and oxygen atoms in total. The first-order chi connectivity index (χ1) is 10.2. The molecular weight excluding hydrogens is 267 g/mol. The number of hydrogen-bond donors (Lipinski definition) is 0. The van der Waals surface area contributed by atoms with E-state index >= 15 is 0 Å². The Labute approximate surface area is 122 Å². The highest BCUT2D eigenvalue weighted by molar-refractivity contribution is 5.33. The average Bonchev–Trinajstić information content (AvgIpc) is 2.98. The number of nitrogens with zero attached hydrogens (tertiary/aromatic N) is 2. The number of para-hydroxylation sites is 1. The number of rotatable bonds is 4. The SMILES string of the molecule is Cc1ccc(F)cc1OCc1cnn(-c2ccccc2)c1. The van der Waals surface area contributed by atoms with Gasteiger partial charge in [0, 0.05) is 17.8 Å². The lowest BCUT2D eigenvalue weighted by Crippen LogP contribution is -1.97. The van der Waals surface area contributed by atoms with E-state index in [1.165, 1.54) is 12.1 Å². The van der Waals surface area contributed by atoms with E-state index in [4.69, 9.17) is 4.74 Å². The van der Waals surface area contributed by atoms with Gasteiger partial charge < -0.3 is 4.74 Å². The van der Waals surface area contributed by atoms with Crippen molar-refractivity contribution in [2.24, 2.45) is 0 Å². The number of aromatic nitrogens is 2. The highest BCUT2D eigenvalue weighted by atomic mass is 19.1. The molecule has 0 spiro atoms. The van der Waals surface area contributed by atoms with Crippen molar-refractivity contribution in [1.29, 1.82) is 0 Å². The number of aryl methyl sites for hydroxylation is 1. The molecule has 0 atom stereocenters. The predicted octanol–water partition coefficient (Wildman–Crippen LogP) is 3.90. The topological polar surface area (TPSA) is 27.1 Å². The van der Waals surface area contributed by atoms with Crippen LogP contribution in [0.1, 0.15) is 11.1 Å². The number of ether oxygens (including phenoxy) is 1. The van der Waals surface area contributed by atoms with Crippen LogP contribution in [-0.4, -0.2) is 9.78 Å². The van der Waals surface area contributed by atoms with E-state index in [0.29, 0.717) is 12.4 Å². The molecule has 3 rings (SSSR count). The Morgan fingerprint density at radius 2 is 1.95 bits per heavy atom. The number of halogens is 1. The molecule has 0 unspecified atom stereocenters. The van der Waals surface area contributed by atoms with Crippen LogP contribution in [0.15, 0.2) is 60.9 Å². The molecule has 1 heterocycles. The second-order valence-corrected chi connectivity index (χ2v) is 4.83. The summed E-state index contributed by atoms with van der Waals surface area (Å²) in [4.78, 5) is 0. The summed E-state index contributed by atoms with van der Waals surface area (Å²) in [6.07, 6.45) is 3.66. The van der Waals surface area contributed by atoms with Crippen LogP contribution in [0.4, 0.5) is 4.39 Å². The fourth-order valence-corrected chi connectivity index (χ4v) is 2.05. The predicted molar refractivity (Wildman–Crippen MR) is 79.0 cm³/mol. The van der Waals surface area contributed by atoms with Gasteiger partial charge in [0.05, 0.1) is 11.9 Å². The fourth-order valence-electron chi connectivity index (χ4n) is 2.05. The van der Waals surface area contributed by atoms with Crippen LogP contribution >= 0.6 is 0 Å². The van der Waals surface area contributed by atoms with Crippen LogP contribution in [0, 0.1) is 12.7 Å². The molecule has 0 aliphatic rings. The average molecular weight is 282 g/mol. The summed E-state index contributed by atoms with van der Waals surface area (Å²) in [5, 5.41) is 4.30. The van der Waals surface area contributed by atoms with E-state index in [1.54, 1.807) is 16.9 Å². The zero-order valence-electron chi connectivity index (χ0n) is 11.7. The van der Waals surface area contributed by atoms with E-state index in [9.17, 15) is 4.39 Å².